The van der Waals surface area contributed by atoms with E-state index in [1.165, 1.54) is 31.8 Å². The Labute approximate surface area is 157 Å². The number of likely N-dealkylation sites (tertiary alicyclic amines) is 1. The number of nitrogens with zero attached hydrogens (tertiary/aromatic N) is 3. The van der Waals surface area contributed by atoms with Gasteiger partial charge in [-0.3, -0.25) is 4.99 Å². The first-order valence-corrected chi connectivity index (χ1v) is 9.42. The van der Waals surface area contributed by atoms with Crippen LogP contribution < -0.4 is 5.32 Å². The van der Waals surface area contributed by atoms with Crippen molar-refractivity contribution in [2.75, 3.05) is 51.6 Å². The summed E-state index contributed by atoms with van der Waals surface area (Å²) in [4.78, 5) is 9.94. The van der Waals surface area contributed by atoms with Gasteiger partial charge >= 0.3 is 0 Å². The molecule has 4 nitrogen and oxygen atoms in total. The molecule has 2 fully saturated rings. The molecule has 2 heterocycles. The molecule has 0 amide bonds. The Kier molecular flexibility index (Phi) is 8.85. The van der Waals surface area contributed by atoms with Crippen LogP contribution in [-0.2, 0) is 0 Å². The lowest BCUT2D eigenvalue weighted by molar-refractivity contribution is 0.342. The van der Waals surface area contributed by atoms with Crippen molar-refractivity contribution in [1.29, 1.82) is 0 Å². The van der Waals surface area contributed by atoms with Crippen molar-refractivity contribution in [1.82, 2.24) is 15.1 Å². The molecular formula is C16H33IN4S. The monoisotopic (exact) mass is 440 g/mol. The van der Waals surface area contributed by atoms with Gasteiger partial charge in [-0.15, -0.1) is 24.0 Å². The summed E-state index contributed by atoms with van der Waals surface area (Å²) >= 11 is 2.08. The molecular weight excluding hydrogens is 407 g/mol. The van der Waals surface area contributed by atoms with Crippen LogP contribution in [0.25, 0.3) is 0 Å². The second kappa shape index (κ2) is 9.57. The van der Waals surface area contributed by atoms with Gasteiger partial charge in [0.2, 0.25) is 0 Å². The van der Waals surface area contributed by atoms with E-state index in [-0.39, 0.29) is 24.0 Å². The molecule has 6 heteroatoms. The molecule has 1 N–H and O–H groups in total. The van der Waals surface area contributed by atoms with Crippen molar-refractivity contribution in [3.8, 4) is 0 Å². The highest BCUT2D eigenvalue weighted by Gasteiger charge is 2.29. The molecule has 0 aromatic rings. The number of halogens is 1. The van der Waals surface area contributed by atoms with E-state index in [0.29, 0.717) is 4.75 Å². The third-order valence-corrected chi connectivity index (χ3v) is 5.67. The third kappa shape index (κ3) is 6.07. The van der Waals surface area contributed by atoms with Gasteiger partial charge in [0, 0.05) is 43.2 Å². The van der Waals surface area contributed by atoms with Crippen molar-refractivity contribution in [3.63, 3.8) is 0 Å². The number of rotatable bonds is 4. The zero-order valence-electron chi connectivity index (χ0n) is 14.6. The van der Waals surface area contributed by atoms with E-state index in [1.807, 2.05) is 0 Å². The SMILES string of the molecule is CCNC(=NCC1CCN(CC)C1)N1CCSC(C)(C)C1.I. The van der Waals surface area contributed by atoms with Crippen LogP contribution in [0.5, 0.6) is 0 Å². The van der Waals surface area contributed by atoms with Gasteiger partial charge < -0.3 is 15.1 Å². The first kappa shape index (κ1) is 20.4. The lowest BCUT2D eigenvalue weighted by atomic mass is 10.1. The van der Waals surface area contributed by atoms with E-state index in [4.69, 9.17) is 4.99 Å². The molecule has 0 aromatic heterocycles. The highest BCUT2D eigenvalue weighted by atomic mass is 127. The molecule has 2 saturated heterocycles. The van der Waals surface area contributed by atoms with Gasteiger partial charge in [-0.25, -0.2) is 0 Å². The average molecular weight is 440 g/mol. The van der Waals surface area contributed by atoms with Gasteiger partial charge in [-0.1, -0.05) is 6.92 Å². The van der Waals surface area contributed by atoms with E-state index >= 15 is 0 Å². The number of guanidine groups is 1. The molecule has 0 radical (unpaired) electrons. The van der Waals surface area contributed by atoms with Gasteiger partial charge in [0.25, 0.3) is 0 Å². The lowest BCUT2D eigenvalue weighted by Crippen LogP contribution is -2.51. The van der Waals surface area contributed by atoms with Gasteiger partial charge in [0.1, 0.15) is 0 Å². The minimum absolute atomic E-state index is 0. The minimum Gasteiger partial charge on any atom is -0.357 e. The zero-order valence-corrected chi connectivity index (χ0v) is 17.7. The van der Waals surface area contributed by atoms with Crippen molar-refractivity contribution < 1.29 is 0 Å². The van der Waals surface area contributed by atoms with Crippen LogP contribution in [0.1, 0.15) is 34.1 Å². The molecule has 2 aliphatic heterocycles. The molecule has 2 rings (SSSR count). The lowest BCUT2D eigenvalue weighted by Gasteiger charge is -2.39. The van der Waals surface area contributed by atoms with E-state index in [1.54, 1.807) is 0 Å². The van der Waals surface area contributed by atoms with Gasteiger partial charge in [0.15, 0.2) is 5.96 Å². The summed E-state index contributed by atoms with van der Waals surface area (Å²) in [7, 11) is 0. The van der Waals surface area contributed by atoms with Crippen LogP contribution in [-0.4, -0.2) is 72.1 Å². The molecule has 0 aliphatic carbocycles. The summed E-state index contributed by atoms with van der Waals surface area (Å²) < 4.78 is 0.334. The summed E-state index contributed by atoms with van der Waals surface area (Å²) in [6.07, 6.45) is 1.30. The fourth-order valence-corrected chi connectivity index (χ4v) is 4.30. The smallest absolute Gasteiger partial charge is 0.193 e. The normalized spacial score (nSPS) is 25.9. The molecule has 130 valence electrons. The van der Waals surface area contributed by atoms with Crippen LogP contribution >= 0.6 is 35.7 Å². The number of nitrogens with one attached hydrogen (secondary N) is 1. The maximum atomic E-state index is 4.95. The summed E-state index contributed by atoms with van der Waals surface area (Å²) in [6, 6.07) is 0. The molecule has 2 aliphatic rings. The number of hydrogen-bond acceptors (Lipinski definition) is 3. The summed E-state index contributed by atoms with van der Waals surface area (Å²) in [5.41, 5.74) is 0. The van der Waals surface area contributed by atoms with E-state index in [2.05, 4.69) is 54.6 Å². The van der Waals surface area contributed by atoms with E-state index in [9.17, 15) is 0 Å². The molecule has 0 aromatic carbocycles. The summed E-state index contributed by atoms with van der Waals surface area (Å²) in [6.45, 7) is 16.9. The van der Waals surface area contributed by atoms with Crippen molar-refractivity contribution in [2.24, 2.45) is 10.9 Å². The van der Waals surface area contributed by atoms with Crippen LogP contribution in [0.2, 0.25) is 0 Å². The quantitative estimate of drug-likeness (QED) is 0.414. The van der Waals surface area contributed by atoms with Crippen molar-refractivity contribution in [2.45, 2.75) is 38.9 Å². The molecule has 1 unspecified atom stereocenters. The first-order chi connectivity index (χ1) is 10.0. The second-order valence-corrected chi connectivity index (χ2v) is 8.57. The molecule has 0 saturated carbocycles. The third-order valence-electron chi connectivity index (χ3n) is 4.38. The maximum absolute atomic E-state index is 4.95. The predicted molar refractivity (Wildman–Crippen MR) is 110 cm³/mol. The fourth-order valence-electron chi connectivity index (χ4n) is 3.19. The molecule has 22 heavy (non-hydrogen) atoms. The fraction of sp³-hybridized carbons (Fsp3) is 0.938. The average Bonchev–Trinajstić information content (AvgIpc) is 2.90. The second-order valence-electron chi connectivity index (χ2n) is 6.77. The molecule has 0 bridgehead atoms. The van der Waals surface area contributed by atoms with Crippen LogP contribution in [0.4, 0.5) is 0 Å². The Morgan fingerprint density at radius 1 is 1.32 bits per heavy atom. The van der Waals surface area contributed by atoms with E-state index in [0.717, 1.165) is 38.1 Å². The summed E-state index contributed by atoms with van der Waals surface area (Å²) in [5.74, 6) is 3.07. The van der Waals surface area contributed by atoms with Gasteiger partial charge in [-0.05, 0) is 46.2 Å². The zero-order chi connectivity index (χ0) is 15.3. The van der Waals surface area contributed by atoms with Crippen LogP contribution in [0.3, 0.4) is 0 Å². The Morgan fingerprint density at radius 3 is 2.68 bits per heavy atom. The standard InChI is InChI=1S/C16H32N4S.HI/c1-5-17-15(20-9-10-21-16(3,4)13-20)18-11-14-7-8-19(6-2)12-14;/h14H,5-13H2,1-4H3,(H,17,18);1H. The largest absolute Gasteiger partial charge is 0.357 e. The van der Waals surface area contributed by atoms with Gasteiger partial charge in [-0.2, -0.15) is 11.8 Å². The summed E-state index contributed by atoms with van der Waals surface area (Å²) in [5, 5.41) is 3.49. The number of hydrogen-bond donors (Lipinski definition) is 1. The Bertz CT molecular complexity index is 362. The molecule has 1 atom stereocenters. The highest BCUT2D eigenvalue weighted by molar-refractivity contribution is 14.0. The van der Waals surface area contributed by atoms with Crippen molar-refractivity contribution in [3.05, 3.63) is 0 Å². The Morgan fingerprint density at radius 2 is 2.09 bits per heavy atom. The Hall–Kier alpha value is 0.310. The van der Waals surface area contributed by atoms with Gasteiger partial charge in [0.05, 0.1) is 0 Å². The van der Waals surface area contributed by atoms with Crippen LogP contribution in [0, 0.1) is 5.92 Å². The molecule has 0 spiro atoms. The predicted octanol–water partition coefficient (Wildman–Crippen LogP) is 2.74. The first-order valence-electron chi connectivity index (χ1n) is 8.43. The maximum Gasteiger partial charge on any atom is 0.193 e. The van der Waals surface area contributed by atoms with Crippen LogP contribution in [0.15, 0.2) is 4.99 Å². The van der Waals surface area contributed by atoms with Crippen molar-refractivity contribution >= 4 is 41.7 Å². The number of aliphatic imine (C=N–C) groups is 1. The minimum atomic E-state index is 0. The highest BCUT2D eigenvalue weighted by Crippen LogP contribution is 2.29. The topological polar surface area (TPSA) is 30.9 Å². The van der Waals surface area contributed by atoms with E-state index < -0.39 is 0 Å². The number of thioether (sulfide) groups is 1. The Balaban J connectivity index is 0.00000242.